The van der Waals surface area contributed by atoms with Crippen LogP contribution in [0.3, 0.4) is 0 Å². The molecule has 4 heteroatoms. The number of benzene rings is 1. The highest BCUT2D eigenvalue weighted by Gasteiger charge is 2.23. The van der Waals surface area contributed by atoms with E-state index in [9.17, 15) is 4.79 Å². The number of rotatable bonds is 4. The van der Waals surface area contributed by atoms with E-state index in [1.54, 1.807) is 4.90 Å². The number of amides is 1. The lowest BCUT2D eigenvalue weighted by Gasteiger charge is -2.27. The van der Waals surface area contributed by atoms with Gasteiger partial charge in [-0.1, -0.05) is 29.8 Å². The van der Waals surface area contributed by atoms with Gasteiger partial charge in [-0.15, -0.1) is 0 Å². The van der Waals surface area contributed by atoms with E-state index in [-0.39, 0.29) is 11.9 Å². The fourth-order valence-electron chi connectivity index (χ4n) is 2.52. The van der Waals surface area contributed by atoms with Crippen LogP contribution in [0.5, 0.6) is 0 Å². The summed E-state index contributed by atoms with van der Waals surface area (Å²) in [7, 11) is 1.85. The van der Waals surface area contributed by atoms with Gasteiger partial charge in [-0.2, -0.15) is 0 Å². The minimum atomic E-state index is 0.00241. The van der Waals surface area contributed by atoms with Crippen LogP contribution in [0, 0.1) is 0 Å². The summed E-state index contributed by atoms with van der Waals surface area (Å²) in [6.45, 7) is 3.04. The molecule has 1 aliphatic heterocycles. The third-order valence-corrected chi connectivity index (χ3v) is 4.26. The lowest BCUT2D eigenvalue weighted by molar-refractivity contribution is -0.132. The van der Waals surface area contributed by atoms with Crippen molar-refractivity contribution in [2.24, 2.45) is 0 Å². The maximum atomic E-state index is 12.3. The molecule has 0 saturated carbocycles. The molecule has 1 aromatic carbocycles. The lowest BCUT2D eigenvalue weighted by atomic mass is 10.1. The van der Waals surface area contributed by atoms with Crippen molar-refractivity contribution < 1.29 is 4.79 Å². The van der Waals surface area contributed by atoms with Gasteiger partial charge in [-0.3, -0.25) is 4.79 Å². The zero-order valence-corrected chi connectivity index (χ0v) is 12.3. The molecule has 1 amide bonds. The summed E-state index contributed by atoms with van der Waals surface area (Å²) in [5, 5.41) is 4.08. The monoisotopic (exact) mass is 280 g/mol. The number of carbonyl (C=O) groups excluding carboxylic acids is 1. The van der Waals surface area contributed by atoms with Gasteiger partial charge < -0.3 is 10.2 Å². The molecule has 0 radical (unpaired) electrons. The average molecular weight is 281 g/mol. The molecule has 104 valence electrons. The van der Waals surface area contributed by atoms with E-state index in [1.165, 1.54) is 6.42 Å². The molecule has 2 atom stereocenters. The summed E-state index contributed by atoms with van der Waals surface area (Å²) in [6, 6.07) is 8.04. The van der Waals surface area contributed by atoms with Gasteiger partial charge in [0, 0.05) is 24.5 Å². The summed E-state index contributed by atoms with van der Waals surface area (Å²) in [4.78, 5) is 14.1. The van der Waals surface area contributed by atoms with Crippen LogP contribution in [0.2, 0.25) is 5.02 Å². The van der Waals surface area contributed by atoms with Gasteiger partial charge in [0.2, 0.25) is 5.91 Å². The standard InChI is InChI=1S/C15H21ClN2O/c1-11(13-7-3-4-8-14(13)16)18(2)15(19)10-12-6-5-9-17-12/h3-4,7-8,11-12,17H,5-6,9-10H2,1-2H3. The number of nitrogens with zero attached hydrogens (tertiary/aromatic N) is 1. The Kier molecular flexibility index (Phi) is 4.83. The molecular weight excluding hydrogens is 260 g/mol. The van der Waals surface area contributed by atoms with Crippen molar-refractivity contribution in [1.29, 1.82) is 0 Å². The molecule has 0 spiro atoms. The van der Waals surface area contributed by atoms with Crippen LogP contribution in [0.1, 0.15) is 37.8 Å². The molecule has 1 aromatic rings. The zero-order chi connectivity index (χ0) is 13.8. The Hall–Kier alpha value is -1.06. The smallest absolute Gasteiger partial charge is 0.224 e. The van der Waals surface area contributed by atoms with Crippen molar-refractivity contribution in [3.8, 4) is 0 Å². The largest absolute Gasteiger partial charge is 0.339 e. The van der Waals surface area contributed by atoms with E-state index >= 15 is 0 Å². The summed E-state index contributed by atoms with van der Waals surface area (Å²) in [5.74, 6) is 0.173. The van der Waals surface area contributed by atoms with Gasteiger partial charge >= 0.3 is 0 Å². The number of halogens is 1. The van der Waals surface area contributed by atoms with E-state index in [1.807, 2.05) is 38.2 Å². The van der Waals surface area contributed by atoms with Gasteiger partial charge in [-0.25, -0.2) is 0 Å². The van der Waals surface area contributed by atoms with Crippen molar-refractivity contribution in [1.82, 2.24) is 10.2 Å². The Morgan fingerprint density at radius 2 is 2.26 bits per heavy atom. The Morgan fingerprint density at radius 3 is 2.89 bits per heavy atom. The first-order chi connectivity index (χ1) is 9.09. The number of nitrogens with one attached hydrogen (secondary N) is 1. The first-order valence-electron chi connectivity index (χ1n) is 6.83. The molecule has 0 bridgehead atoms. The number of hydrogen-bond donors (Lipinski definition) is 1. The van der Waals surface area contributed by atoms with Crippen LogP contribution in [-0.2, 0) is 4.79 Å². The zero-order valence-electron chi connectivity index (χ0n) is 11.5. The van der Waals surface area contributed by atoms with Crippen LogP contribution in [0.4, 0.5) is 0 Å². The van der Waals surface area contributed by atoms with Crippen LogP contribution in [0.15, 0.2) is 24.3 Å². The molecule has 3 nitrogen and oxygen atoms in total. The normalized spacial score (nSPS) is 20.3. The van der Waals surface area contributed by atoms with E-state index in [0.29, 0.717) is 17.5 Å². The summed E-state index contributed by atoms with van der Waals surface area (Å²) >= 11 is 6.19. The predicted molar refractivity (Wildman–Crippen MR) is 78.3 cm³/mol. The maximum absolute atomic E-state index is 12.3. The second-order valence-electron chi connectivity index (χ2n) is 5.20. The second-order valence-corrected chi connectivity index (χ2v) is 5.61. The molecular formula is C15H21ClN2O. The predicted octanol–water partition coefficient (Wildman–Crippen LogP) is 3.00. The van der Waals surface area contributed by atoms with Crippen molar-refractivity contribution in [3.05, 3.63) is 34.9 Å². The third kappa shape index (κ3) is 3.48. The molecule has 2 rings (SSSR count). The van der Waals surface area contributed by atoms with Crippen molar-refractivity contribution in [2.75, 3.05) is 13.6 Å². The average Bonchev–Trinajstić information content (AvgIpc) is 2.90. The Balaban J connectivity index is 2.00. The molecule has 0 aliphatic carbocycles. The van der Waals surface area contributed by atoms with Crippen LogP contribution < -0.4 is 5.32 Å². The molecule has 2 unspecified atom stereocenters. The molecule has 0 aromatic heterocycles. The van der Waals surface area contributed by atoms with E-state index in [4.69, 9.17) is 11.6 Å². The molecule has 1 N–H and O–H groups in total. The van der Waals surface area contributed by atoms with Crippen molar-refractivity contribution >= 4 is 17.5 Å². The molecule has 1 heterocycles. The van der Waals surface area contributed by atoms with E-state index in [2.05, 4.69) is 5.32 Å². The summed E-state index contributed by atoms with van der Waals surface area (Å²) in [6.07, 6.45) is 2.84. The van der Waals surface area contributed by atoms with Crippen LogP contribution in [-0.4, -0.2) is 30.4 Å². The Morgan fingerprint density at radius 1 is 1.53 bits per heavy atom. The van der Waals surface area contributed by atoms with Crippen molar-refractivity contribution in [3.63, 3.8) is 0 Å². The minimum Gasteiger partial charge on any atom is -0.339 e. The molecule has 1 aliphatic rings. The first kappa shape index (κ1) is 14.4. The SMILES string of the molecule is CC(c1ccccc1Cl)N(C)C(=O)CC1CCCN1. The first-order valence-corrected chi connectivity index (χ1v) is 7.21. The quantitative estimate of drug-likeness (QED) is 0.920. The van der Waals surface area contributed by atoms with Gasteiger partial charge in [0.15, 0.2) is 0 Å². The van der Waals surface area contributed by atoms with Crippen molar-refractivity contribution in [2.45, 2.75) is 38.3 Å². The fourth-order valence-corrected chi connectivity index (χ4v) is 2.82. The van der Waals surface area contributed by atoms with Gasteiger partial charge in [-0.05, 0) is 37.9 Å². The highest BCUT2D eigenvalue weighted by molar-refractivity contribution is 6.31. The van der Waals surface area contributed by atoms with Gasteiger partial charge in [0.1, 0.15) is 0 Å². The minimum absolute atomic E-state index is 0.00241. The molecule has 1 fully saturated rings. The molecule has 19 heavy (non-hydrogen) atoms. The number of hydrogen-bond acceptors (Lipinski definition) is 2. The van der Waals surface area contributed by atoms with Gasteiger partial charge in [0.25, 0.3) is 0 Å². The maximum Gasteiger partial charge on any atom is 0.224 e. The highest BCUT2D eigenvalue weighted by atomic mass is 35.5. The fraction of sp³-hybridized carbons (Fsp3) is 0.533. The van der Waals surface area contributed by atoms with E-state index in [0.717, 1.165) is 18.5 Å². The summed E-state index contributed by atoms with van der Waals surface area (Å²) < 4.78 is 0. The van der Waals surface area contributed by atoms with Crippen LogP contribution >= 0.6 is 11.6 Å². The highest BCUT2D eigenvalue weighted by Crippen LogP contribution is 2.27. The number of carbonyl (C=O) groups is 1. The molecule has 1 saturated heterocycles. The third-order valence-electron chi connectivity index (χ3n) is 3.91. The lowest BCUT2D eigenvalue weighted by Crippen LogP contribution is -2.35. The second kappa shape index (κ2) is 6.40. The summed E-state index contributed by atoms with van der Waals surface area (Å²) in [5.41, 5.74) is 0.999. The van der Waals surface area contributed by atoms with E-state index < -0.39 is 0 Å². The Labute approximate surface area is 119 Å². The Bertz CT molecular complexity index is 444. The van der Waals surface area contributed by atoms with Gasteiger partial charge in [0.05, 0.1) is 6.04 Å². The topological polar surface area (TPSA) is 32.3 Å². The van der Waals surface area contributed by atoms with Crippen LogP contribution in [0.25, 0.3) is 0 Å².